The summed E-state index contributed by atoms with van der Waals surface area (Å²) in [5.41, 5.74) is 16.4. The molecule has 8 nitrogen and oxygen atoms in total. The van der Waals surface area contributed by atoms with E-state index in [2.05, 4.69) is 9.13 Å². The Morgan fingerprint density at radius 2 is 1.17 bits per heavy atom. The Morgan fingerprint density at radius 3 is 1.53 bits per heavy atom. The van der Waals surface area contributed by atoms with E-state index >= 15 is 0 Å². The van der Waals surface area contributed by atoms with Crippen molar-refractivity contribution in [3.63, 3.8) is 0 Å². The standard InChI is InChI=1S/C22H26N8/c1-29-17-9-7-13(21(23)24)11-15(17)27-19(29)5-3-4-6-20-28-16-12-14(22(25)26)8-10-18(16)30(20)2/h7-12H,3-6H2,1-2H3,(H3,23,24)(H3,25,26). The highest BCUT2D eigenvalue weighted by Crippen LogP contribution is 2.20. The number of aromatic nitrogens is 4. The molecule has 4 rings (SSSR count). The zero-order valence-electron chi connectivity index (χ0n) is 17.2. The lowest BCUT2D eigenvalue weighted by Crippen LogP contribution is -2.10. The predicted molar refractivity (Wildman–Crippen MR) is 120 cm³/mol. The van der Waals surface area contributed by atoms with E-state index in [-0.39, 0.29) is 11.7 Å². The monoisotopic (exact) mass is 402 g/mol. The summed E-state index contributed by atoms with van der Waals surface area (Å²) < 4.78 is 4.22. The van der Waals surface area contributed by atoms with E-state index in [1.807, 2.05) is 50.5 Å². The number of nitrogens with two attached hydrogens (primary N) is 2. The highest BCUT2D eigenvalue weighted by molar-refractivity contribution is 5.98. The minimum Gasteiger partial charge on any atom is -0.384 e. The van der Waals surface area contributed by atoms with Gasteiger partial charge in [-0.3, -0.25) is 10.8 Å². The summed E-state index contributed by atoms with van der Waals surface area (Å²) in [5, 5.41) is 15.2. The quantitative estimate of drug-likeness (QED) is 0.215. The second kappa shape index (κ2) is 7.62. The molecule has 0 bridgehead atoms. The Morgan fingerprint density at radius 1 is 0.767 bits per heavy atom. The molecule has 0 fully saturated rings. The number of imidazole rings is 2. The van der Waals surface area contributed by atoms with E-state index in [0.29, 0.717) is 11.1 Å². The second-order valence-corrected chi connectivity index (χ2v) is 7.62. The number of aryl methyl sites for hydroxylation is 4. The van der Waals surface area contributed by atoms with Gasteiger partial charge in [-0.05, 0) is 49.2 Å². The maximum atomic E-state index is 7.60. The van der Waals surface area contributed by atoms with Crippen molar-refractivity contribution in [3.05, 3.63) is 59.2 Å². The van der Waals surface area contributed by atoms with Gasteiger partial charge in [0.25, 0.3) is 0 Å². The van der Waals surface area contributed by atoms with Crippen molar-refractivity contribution in [2.45, 2.75) is 25.7 Å². The van der Waals surface area contributed by atoms with E-state index in [1.165, 1.54) is 0 Å². The summed E-state index contributed by atoms with van der Waals surface area (Å²) in [6.07, 6.45) is 3.75. The van der Waals surface area contributed by atoms with Gasteiger partial charge in [-0.2, -0.15) is 0 Å². The van der Waals surface area contributed by atoms with Crippen molar-refractivity contribution >= 4 is 33.7 Å². The SMILES string of the molecule is Cn1c(CCCCc2nc3cc(C(=N)N)ccc3n2C)nc2cc(C(=N)N)ccc21. The highest BCUT2D eigenvalue weighted by Gasteiger charge is 2.11. The van der Waals surface area contributed by atoms with Gasteiger partial charge in [0.15, 0.2) is 0 Å². The Hall–Kier alpha value is -3.68. The van der Waals surface area contributed by atoms with Gasteiger partial charge < -0.3 is 20.6 Å². The number of rotatable bonds is 7. The van der Waals surface area contributed by atoms with E-state index in [1.54, 1.807) is 0 Å². The maximum absolute atomic E-state index is 7.60. The van der Waals surface area contributed by atoms with Crippen LogP contribution in [-0.4, -0.2) is 30.8 Å². The molecule has 0 amide bonds. The number of nitrogens with one attached hydrogen (secondary N) is 2. The summed E-state index contributed by atoms with van der Waals surface area (Å²) in [6, 6.07) is 11.4. The molecule has 0 radical (unpaired) electrons. The fourth-order valence-electron chi connectivity index (χ4n) is 3.85. The van der Waals surface area contributed by atoms with Gasteiger partial charge in [-0.15, -0.1) is 0 Å². The normalized spacial score (nSPS) is 11.4. The highest BCUT2D eigenvalue weighted by atomic mass is 15.1. The molecule has 0 spiro atoms. The molecule has 8 heteroatoms. The van der Waals surface area contributed by atoms with Crippen LogP contribution in [0.3, 0.4) is 0 Å². The van der Waals surface area contributed by atoms with Gasteiger partial charge in [0.05, 0.1) is 22.1 Å². The number of nitrogens with zero attached hydrogens (tertiary/aromatic N) is 4. The third-order valence-electron chi connectivity index (χ3n) is 5.62. The number of benzene rings is 2. The summed E-state index contributed by atoms with van der Waals surface area (Å²) in [6.45, 7) is 0. The summed E-state index contributed by atoms with van der Waals surface area (Å²) >= 11 is 0. The molecule has 4 aromatic rings. The topological polar surface area (TPSA) is 135 Å². The minimum absolute atomic E-state index is 0.0574. The number of unbranched alkanes of at least 4 members (excludes halogenated alkanes) is 1. The van der Waals surface area contributed by atoms with Crippen LogP contribution in [0.4, 0.5) is 0 Å². The van der Waals surface area contributed by atoms with Crippen molar-refractivity contribution in [1.82, 2.24) is 19.1 Å². The van der Waals surface area contributed by atoms with Crippen LogP contribution in [0.1, 0.15) is 35.6 Å². The molecule has 154 valence electrons. The zero-order chi connectivity index (χ0) is 21.4. The fourth-order valence-corrected chi connectivity index (χ4v) is 3.85. The predicted octanol–water partition coefficient (Wildman–Crippen LogP) is 2.59. The lowest BCUT2D eigenvalue weighted by Gasteiger charge is -2.04. The Labute approximate surface area is 174 Å². The zero-order valence-corrected chi connectivity index (χ0v) is 17.2. The van der Waals surface area contributed by atoms with Gasteiger partial charge in [-0.1, -0.05) is 0 Å². The molecule has 0 saturated carbocycles. The number of hydrogen-bond donors (Lipinski definition) is 4. The third kappa shape index (κ3) is 3.52. The molecular weight excluding hydrogens is 376 g/mol. The first-order valence-corrected chi connectivity index (χ1v) is 9.94. The number of nitrogen functional groups attached to an aromatic ring is 2. The average Bonchev–Trinajstić information content (AvgIpc) is 3.21. The van der Waals surface area contributed by atoms with Crippen LogP contribution >= 0.6 is 0 Å². The van der Waals surface area contributed by atoms with Crippen molar-refractivity contribution in [3.8, 4) is 0 Å². The average molecular weight is 403 g/mol. The van der Waals surface area contributed by atoms with Crippen LogP contribution in [0.5, 0.6) is 0 Å². The molecule has 2 aromatic heterocycles. The molecule has 0 saturated heterocycles. The van der Waals surface area contributed by atoms with E-state index < -0.39 is 0 Å². The molecule has 2 aromatic carbocycles. The molecule has 2 heterocycles. The first kappa shape index (κ1) is 19.6. The lowest BCUT2D eigenvalue weighted by molar-refractivity contribution is 0.659. The Bertz CT molecular complexity index is 1180. The van der Waals surface area contributed by atoms with E-state index in [4.69, 9.17) is 32.3 Å². The van der Waals surface area contributed by atoms with Crippen LogP contribution in [0, 0.1) is 10.8 Å². The molecule has 30 heavy (non-hydrogen) atoms. The van der Waals surface area contributed by atoms with Crippen molar-refractivity contribution in [2.24, 2.45) is 25.6 Å². The molecular formula is C22H26N8. The summed E-state index contributed by atoms with van der Waals surface area (Å²) in [4.78, 5) is 9.47. The van der Waals surface area contributed by atoms with Crippen molar-refractivity contribution < 1.29 is 0 Å². The van der Waals surface area contributed by atoms with Gasteiger partial charge in [0, 0.05) is 38.1 Å². The minimum atomic E-state index is 0.0574. The molecule has 6 N–H and O–H groups in total. The number of fused-ring (bicyclic) bond motifs is 2. The first-order chi connectivity index (χ1) is 14.3. The Kier molecular flexibility index (Phi) is 4.99. The van der Waals surface area contributed by atoms with Gasteiger partial charge in [0.2, 0.25) is 0 Å². The largest absolute Gasteiger partial charge is 0.384 e. The van der Waals surface area contributed by atoms with Crippen molar-refractivity contribution in [1.29, 1.82) is 10.8 Å². The van der Waals surface area contributed by atoms with Crippen LogP contribution in [0.2, 0.25) is 0 Å². The lowest BCUT2D eigenvalue weighted by atomic mass is 10.2. The second-order valence-electron chi connectivity index (χ2n) is 7.62. The molecule has 0 aliphatic carbocycles. The molecule has 0 aliphatic rings. The smallest absolute Gasteiger partial charge is 0.122 e. The van der Waals surface area contributed by atoms with E-state index in [0.717, 1.165) is 59.4 Å². The van der Waals surface area contributed by atoms with Gasteiger partial charge >= 0.3 is 0 Å². The summed E-state index contributed by atoms with van der Waals surface area (Å²) in [7, 11) is 4.05. The number of amidine groups is 2. The third-order valence-corrected chi connectivity index (χ3v) is 5.62. The van der Waals surface area contributed by atoms with Gasteiger partial charge in [0.1, 0.15) is 23.3 Å². The van der Waals surface area contributed by atoms with Gasteiger partial charge in [-0.25, -0.2) is 9.97 Å². The van der Waals surface area contributed by atoms with Crippen LogP contribution < -0.4 is 11.5 Å². The fraction of sp³-hybridized carbons (Fsp3) is 0.273. The first-order valence-electron chi connectivity index (χ1n) is 9.94. The van der Waals surface area contributed by atoms with Crippen LogP contribution in [0.25, 0.3) is 22.1 Å². The molecule has 0 atom stereocenters. The molecule has 0 aliphatic heterocycles. The van der Waals surface area contributed by atoms with Crippen LogP contribution in [-0.2, 0) is 26.9 Å². The summed E-state index contributed by atoms with van der Waals surface area (Å²) in [5.74, 6) is 2.17. The number of hydrogen-bond acceptors (Lipinski definition) is 4. The van der Waals surface area contributed by atoms with Crippen molar-refractivity contribution in [2.75, 3.05) is 0 Å². The molecule has 0 unspecified atom stereocenters. The maximum Gasteiger partial charge on any atom is 0.122 e. The van der Waals surface area contributed by atoms with Crippen LogP contribution in [0.15, 0.2) is 36.4 Å². The Balaban J connectivity index is 1.44. The van der Waals surface area contributed by atoms with E-state index in [9.17, 15) is 0 Å².